The molecule has 1 fully saturated rings. The quantitative estimate of drug-likeness (QED) is 0.496. The van der Waals surface area contributed by atoms with E-state index in [9.17, 15) is 14.0 Å². The fourth-order valence-corrected chi connectivity index (χ4v) is 3.96. The lowest BCUT2D eigenvalue weighted by Crippen LogP contribution is -2.38. The van der Waals surface area contributed by atoms with Gasteiger partial charge in [-0.2, -0.15) is 0 Å². The summed E-state index contributed by atoms with van der Waals surface area (Å²) in [5.41, 5.74) is 8.17. The minimum absolute atomic E-state index is 0.255. The maximum atomic E-state index is 14.4. The van der Waals surface area contributed by atoms with E-state index in [0.717, 1.165) is 39.3 Å². The Kier molecular flexibility index (Phi) is 5.96. The Morgan fingerprint density at radius 2 is 1.97 bits per heavy atom. The standard InChI is InChI=1S/C22H25FN4O3/c23-19-12-14(24)2-3-16(19)15-4-5-17(20-18(15)13-26-22(20)29)21(28)25-6-1-7-27-8-10-30-11-9-27/h2-5,12H,1,6-11,13,24H2,(H,25,28)(H,26,29). The molecule has 30 heavy (non-hydrogen) atoms. The van der Waals surface area contributed by atoms with Crippen molar-refractivity contribution < 1.29 is 18.7 Å². The number of benzene rings is 2. The highest BCUT2D eigenvalue weighted by molar-refractivity contribution is 6.11. The summed E-state index contributed by atoms with van der Waals surface area (Å²) in [6.45, 7) is 4.96. The lowest BCUT2D eigenvalue weighted by atomic mass is 9.92. The van der Waals surface area contributed by atoms with Crippen LogP contribution in [0.5, 0.6) is 0 Å². The van der Waals surface area contributed by atoms with Crippen molar-refractivity contribution in [3.05, 3.63) is 52.8 Å². The van der Waals surface area contributed by atoms with Crippen LogP contribution in [0.1, 0.15) is 32.7 Å². The highest BCUT2D eigenvalue weighted by atomic mass is 19.1. The molecule has 0 radical (unpaired) electrons. The number of fused-ring (bicyclic) bond motifs is 1. The largest absolute Gasteiger partial charge is 0.399 e. The molecule has 0 aliphatic carbocycles. The second-order valence-corrected chi connectivity index (χ2v) is 7.50. The van der Waals surface area contributed by atoms with E-state index in [1.54, 1.807) is 24.3 Å². The van der Waals surface area contributed by atoms with Gasteiger partial charge in [-0.05, 0) is 48.4 Å². The number of nitrogens with zero attached hydrogens (tertiary/aromatic N) is 1. The van der Waals surface area contributed by atoms with Crippen LogP contribution in [0.2, 0.25) is 0 Å². The molecule has 4 rings (SSSR count). The maximum absolute atomic E-state index is 14.4. The number of anilines is 1. The topological polar surface area (TPSA) is 96.7 Å². The van der Waals surface area contributed by atoms with E-state index < -0.39 is 5.82 Å². The smallest absolute Gasteiger partial charge is 0.252 e. The van der Waals surface area contributed by atoms with E-state index in [1.165, 1.54) is 6.07 Å². The number of hydrogen-bond acceptors (Lipinski definition) is 5. The molecule has 2 heterocycles. The summed E-state index contributed by atoms with van der Waals surface area (Å²) in [6.07, 6.45) is 0.814. The number of nitrogen functional groups attached to an aromatic ring is 1. The fraction of sp³-hybridized carbons (Fsp3) is 0.364. The van der Waals surface area contributed by atoms with Gasteiger partial charge in [0.15, 0.2) is 0 Å². The molecule has 7 nitrogen and oxygen atoms in total. The van der Waals surface area contributed by atoms with Gasteiger partial charge >= 0.3 is 0 Å². The average Bonchev–Trinajstić information content (AvgIpc) is 3.13. The van der Waals surface area contributed by atoms with Gasteiger partial charge in [0.2, 0.25) is 0 Å². The van der Waals surface area contributed by atoms with Crippen molar-refractivity contribution in [2.45, 2.75) is 13.0 Å². The second kappa shape index (κ2) is 8.81. The minimum atomic E-state index is -0.461. The molecular formula is C22H25FN4O3. The predicted octanol–water partition coefficient (Wildman–Crippen LogP) is 1.77. The Labute approximate surface area is 174 Å². The molecule has 0 aromatic heterocycles. The molecule has 8 heteroatoms. The Bertz CT molecular complexity index is 973. The fourth-order valence-electron chi connectivity index (χ4n) is 3.96. The lowest BCUT2D eigenvalue weighted by Gasteiger charge is -2.26. The first-order valence-electron chi connectivity index (χ1n) is 10.1. The van der Waals surface area contributed by atoms with Gasteiger partial charge in [-0.3, -0.25) is 14.5 Å². The first-order valence-corrected chi connectivity index (χ1v) is 10.1. The van der Waals surface area contributed by atoms with Crippen molar-refractivity contribution in [1.82, 2.24) is 15.5 Å². The van der Waals surface area contributed by atoms with Gasteiger partial charge < -0.3 is 21.1 Å². The number of carbonyl (C=O) groups is 2. The Morgan fingerprint density at radius 3 is 2.73 bits per heavy atom. The lowest BCUT2D eigenvalue weighted by molar-refractivity contribution is 0.0374. The van der Waals surface area contributed by atoms with Crippen LogP contribution in [0.15, 0.2) is 30.3 Å². The molecule has 0 unspecified atom stereocenters. The molecule has 1 saturated heterocycles. The van der Waals surface area contributed by atoms with Gasteiger partial charge in [-0.1, -0.05) is 6.07 Å². The van der Waals surface area contributed by atoms with Crippen LogP contribution in [-0.4, -0.2) is 56.1 Å². The number of rotatable bonds is 6. The average molecular weight is 412 g/mol. The summed E-state index contributed by atoms with van der Waals surface area (Å²) >= 11 is 0. The highest BCUT2D eigenvalue weighted by Crippen LogP contribution is 2.33. The zero-order valence-corrected chi connectivity index (χ0v) is 16.7. The Balaban J connectivity index is 1.49. The summed E-state index contributed by atoms with van der Waals surface area (Å²) in [5, 5.41) is 5.65. The monoisotopic (exact) mass is 412 g/mol. The zero-order chi connectivity index (χ0) is 21.1. The molecule has 2 aliphatic heterocycles. The Morgan fingerprint density at radius 1 is 1.20 bits per heavy atom. The summed E-state index contributed by atoms with van der Waals surface area (Å²) in [5.74, 6) is -1.08. The molecule has 158 valence electrons. The van der Waals surface area contributed by atoms with Crippen LogP contribution >= 0.6 is 0 Å². The van der Waals surface area contributed by atoms with Crippen LogP contribution in [0.3, 0.4) is 0 Å². The number of ether oxygens (including phenoxy) is 1. The number of carbonyl (C=O) groups excluding carboxylic acids is 2. The molecule has 0 bridgehead atoms. The van der Waals surface area contributed by atoms with Gasteiger partial charge in [0.1, 0.15) is 5.82 Å². The van der Waals surface area contributed by atoms with E-state index in [4.69, 9.17) is 10.5 Å². The van der Waals surface area contributed by atoms with Crippen molar-refractivity contribution in [1.29, 1.82) is 0 Å². The number of halogens is 1. The predicted molar refractivity (Wildman–Crippen MR) is 112 cm³/mol. The number of nitrogens with one attached hydrogen (secondary N) is 2. The molecule has 4 N–H and O–H groups in total. The second-order valence-electron chi connectivity index (χ2n) is 7.50. The number of hydrogen-bond donors (Lipinski definition) is 3. The maximum Gasteiger partial charge on any atom is 0.252 e. The van der Waals surface area contributed by atoms with E-state index in [1.807, 2.05) is 0 Å². The van der Waals surface area contributed by atoms with Gasteiger partial charge in [-0.25, -0.2) is 4.39 Å². The summed E-state index contributed by atoms with van der Waals surface area (Å²) in [6, 6.07) is 7.74. The molecule has 0 spiro atoms. The van der Waals surface area contributed by atoms with Crippen LogP contribution in [0.4, 0.5) is 10.1 Å². The van der Waals surface area contributed by atoms with E-state index >= 15 is 0 Å². The zero-order valence-electron chi connectivity index (χ0n) is 16.7. The summed E-state index contributed by atoms with van der Waals surface area (Å²) in [7, 11) is 0. The number of morpholine rings is 1. The minimum Gasteiger partial charge on any atom is -0.399 e. The molecule has 2 amide bonds. The molecule has 2 aromatic rings. The molecule has 0 atom stereocenters. The highest BCUT2D eigenvalue weighted by Gasteiger charge is 2.29. The molecule has 0 saturated carbocycles. The van der Waals surface area contributed by atoms with Crippen molar-refractivity contribution in [2.24, 2.45) is 0 Å². The van der Waals surface area contributed by atoms with Gasteiger partial charge in [0.25, 0.3) is 11.8 Å². The van der Waals surface area contributed by atoms with E-state index in [0.29, 0.717) is 40.0 Å². The van der Waals surface area contributed by atoms with Crippen molar-refractivity contribution >= 4 is 17.5 Å². The Hall–Kier alpha value is -2.97. The van der Waals surface area contributed by atoms with E-state index in [2.05, 4.69) is 15.5 Å². The van der Waals surface area contributed by atoms with Crippen LogP contribution in [0, 0.1) is 5.82 Å². The number of nitrogens with two attached hydrogens (primary N) is 1. The van der Waals surface area contributed by atoms with Crippen molar-refractivity contribution in [2.75, 3.05) is 45.1 Å². The third kappa shape index (κ3) is 4.15. The summed E-state index contributed by atoms with van der Waals surface area (Å²) in [4.78, 5) is 27.5. The molecule has 2 aromatic carbocycles. The van der Waals surface area contributed by atoms with Crippen LogP contribution in [0.25, 0.3) is 11.1 Å². The normalized spacial score (nSPS) is 16.2. The molecular weight excluding hydrogens is 387 g/mol. The van der Waals surface area contributed by atoms with Crippen LogP contribution in [-0.2, 0) is 11.3 Å². The SMILES string of the molecule is Nc1ccc(-c2ccc(C(=O)NCCCN3CCOCC3)c3c2CNC3=O)c(F)c1. The van der Waals surface area contributed by atoms with Crippen molar-refractivity contribution in [3.8, 4) is 11.1 Å². The van der Waals surface area contributed by atoms with Gasteiger partial charge in [0, 0.05) is 37.4 Å². The van der Waals surface area contributed by atoms with E-state index in [-0.39, 0.29) is 18.4 Å². The van der Waals surface area contributed by atoms with Crippen molar-refractivity contribution in [3.63, 3.8) is 0 Å². The van der Waals surface area contributed by atoms with Gasteiger partial charge in [-0.15, -0.1) is 0 Å². The first-order chi connectivity index (χ1) is 14.5. The first kappa shape index (κ1) is 20.3. The molecule has 2 aliphatic rings. The third-order valence-electron chi connectivity index (χ3n) is 5.53. The third-order valence-corrected chi connectivity index (χ3v) is 5.53. The van der Waals surface area contributed by atoms with Gasteiger partial charge in [0.05, 0.1) is 24.3 Å². The van der Waals surface area contributed by atoms with Crippen LogP contribution < -0.4 is 16.4 Å². The number of amides is 2. The summed E-state index contributed by atoms with van der Waals surface area (Å²) < 4.78 is 19.8.